The summed E-state index contributed by atoms with van der Waals surface area (Å²) in [6, 6.07) is 8.73. The molecule has 1 aliphatic heterocycles. The van der Waals surface area contributed by atoms with Gasteiger partial charge in [-0.1, -0.05) is 30.7 Å². The van der Waals surface area contributed by atoms with E-state index in [9.17, 15) is 0 Å². The monoisotopic (exact) mass is 330 g/mol. The van der Waals surface area contributed by atoms with Crippen molar-refractivity contribution in [3.63, 3.8) is 0 Å². The van der Waals surface area contributed by atoms with E-state index < -0.39 is 0 Å². The fraction of sp³-hybridized carbons (Fsp3) is 0.650. The largest absolute Gasteiger partial charge is 0.357 e. The van der Waals surface area contributed by atoms with Crippen LogP contribution in [0.25, 0.3) is 0 Å². The average Bonchev–Trinajstić information content (AvgIpc) is 2.54. The van der Waals surface area contributed by atoms with Gasteiger partial charge in [-0.2, -0.15) is 0 Å². The first-order chi connectivity index (χ1) is 11.5. The van der Waals surface area contributed by atoms with E-state index in [-0.39, 0.29) is 5.54 Å². The lowest BCUT2D eigenvalue weighted by atomic mass is 10.1. The van der Waals surface area contributed by atoms with E-state index in [0.717, 1.165) is 25.6 Å². The van der Waals surface area contributed by atoms with Gasteiger partial charge in [0, 0.05) is 18.6 Å². The molecular weight excluding hydrogens is 296 g/mol. The minimum Gasteiger partial charge on any atom is -0.357 e. The molecule has 0 atom stereocenters. The second-order valence-electron chi connectivity index (χ2n) is 7.68. The van der Waals surface area contributed by atoms with Gasteiger partial charge in [-0.3, -0.25) is 4.90 Å². The number of likely N-dealkylation sites (tertiary alicyclic amines) is 1. The van der Waals surface area contributed by atoms with E-state index in [1.165, 1.54) is 43.5 Å². The number of nitrogens with one attached hydrogen (secondary N) is 2. The molecule has 0 unspecified atom stereocenters. The van der Waals surface area contributed by atoms with Crippen molar-refractivity contribution in [2.24, 2.45) is 4.99 Å². The maximum Gasteiger partial charge on any atom is 0.191 e. The molecule has 0 amide bonds. The molecule has 0 aromatic heterocycles. The van der Waals surface area contributed by atoms with Crippen molar-refractivity contribution in [3.8, 4) is 0 Å². The van der Waals surface area contributed by atoms with Gasteiger partial charge in [0.1, 0.15) is 0 Å². The number of nitrogens with zero attached hydrogens (tertiary/aromatic N) is 2. The summed E-state index contributed by atoms with van der Waals surface area (Å²) in [4.78, 5) is 7.37. The molecule has 0 bridgehead atoms. The molecule has 1 saturated heterocycles. The number of piperidine rings is 1. The highest BCUT2D eigenvalue weighted by Gasteiger charge is 2.14. The maximum absolute atomic E-state index is 4.80. The van der Waals surface area contributed by atoms with Crippen LogP contribution >= 0.6 is 0 Å². The molecule has 1 aromatic carbocycles. The van der Waals surface area contributed by atoms with Crippen LogP contribution in [0.4, 0.5) is 0 Å². The Kier molecular flexibility index (Phi) is 7.10. The highest BCUT2D eigenvalue weighted by Crippen LogP contribution is 2.17. The molecule has 0 saturated carbocycles. The zero-order valence-corrected chi connectivity index (χ0v) is 15.9. The van der Waals surface area contributed by atoms with Gasteiger partial charge in [0.2, 0.25) is 0 Å². The molecule has 1 aliphatic rings. The SMILES string of the molecule is CCNC(=NCc1ccccc1CN1CCCCC1)NC(C)(C)C. The number of guanidine groups is 1. The first-order valence-corrected chi connectivity index (χ1v) is 9.33. The standard InChI is InChI=1S/C20H34N4/c1-5-21-19(23-20(2,3)4)22-15-17-11-7-8-12-18(17)16-24-13-9-6-10-14-24/h7-8,11-12H,5-6,9-10,13-16H2,1-4H3,(H2,21,22,23). The van der Waals surface area contributed by atoms with Crippen molar-refractivity contribution < 1.29 is 0 Å². The predicted octanol–water partition coefficient (Wildman–Crippen LogP) is 3.53. The van der Waals surface area contributed by atoms with Crippen LogP contribution in [0.5, 0.6) is 0 Å². The molecular formula is C20H34N4. The van der Waals surface area contributed by atoms with Crippen molar-refractivity contribution in [3.05, 3.63) is 35.4 Å². The van der Waals surface area contributed by atoms with Gasteiger partial charge in [0.15, 0.2) is 5.96 Å². The number of hydrogen-bond donors (Lipinski definition) is 2. The summed E-state index contributed by atoms with van der Waals surface area (Å²) in [5, 5.41) is 6.80. The number of aliphatic imine (C=N–C) groups is 1. The lowest BCUT2D eigenvalue weighted by Crippen LogP contribution is -2.47. The Morgan fingerprint density at radius 1 is 1.08 bits per heavy atom. The molecule has 2 rings (SSSR count). The highest BCUT2D eigenvalue weighted by atomic mass is 15.2. The molecule has 0 spiro atoms. The van der Waals surface area contributed by atoms with Gasteiger partial charge < -0.3 is 10.6 Å². The third kappa shape index (κ3) is 6.52. The van der Waals surface area contributed by atoms with Crippen LogP contribution in [0.15, 0.2) is 29.3 Å². The Labute approximate surface area is 147 Å². The summed E-state index contributed by atoms with van der Waals surface area (Å²) in [6.45, 7) is 13.7. The molecule has 4 nitrogen and oxygen atoms in total. The van der Waals surface area contributed by atoms with Gasteiger partial charge in [-0.25, -0.2) is 4.99 Å². The van der Waals surface area contributed by atoms with E-state index in [4.69, 9.17) is 4.99 Å². The Bertz CT molecular complexity index is 525. The summed E-state index contributed by atoms with van der Waals surface area (Å²) < 4.78 is 0. The van der Waals surface area contributed by atoms with E-state index in [0.29, 0.717) is 0 Å². The predicted molar refractivity (Wildman–Crippen MR) is 103 cm³/mol. The van der Waals surface area contributed by atoms with E-state index in [1.54, 1.807) is 0 Å². The van der Waals surface area contributed by atoms with Crippen molar-refractivity contribution in [1.82, 2.24) is 15.5 Å². The average molecular weight is 331 g/mol. The van der Waals surface area contributed by atoms with Crippen molar-refractivity contribution >= 4 is 5.96 Å². The summed E-state index contributed by atoms with van der Waals surface area (Å²) >= 11 is 0. The molecule has 1 heterocycles. The Morgan fingerprint density at radius 3 is 2.38 bits per heavy atom. The number of hydrogen-bond acceptors (Lipinski definition) is 2. The molecule has 134 valence electrons. The number of rotatable bonds is 5. The molecule has 1 fully saturated rings. The summed E-state index contributed by atoms with van der Waals surface area (Å²) in [5.74, 6) is 0.887. The van der Waals surface area contributed by atoms with Gasteiger partial charge in [-0.05, 0) is 64.8 Å². The lowest BCUT2D eigenvalue weighted by Gasteiger charge is -2.27. The third-order valence-electron chi connectivity index (χ3n) is 4.21. The first kappa shape index (κ1) is 18.8. The van der Waals surface area contributed by atoms with Crippen LogP contribution in [0.3, 0.4) is 0 Å². The minimum absolute atomic E-state index is 0.00826. The van der Waals surface area contributed by atoms with Crippen LogP contribution in [0.2, 0.25) is 0 Å². The Hall–Kier alpha value is -1.55. The summed E-state index contributed by atoms with van der Waals surface area (Å²) in [6.07, 6.45) is 4.05. The van der Waals surface area contributed by atoms with Crippen LogP contribution < -0.4 is 10.6 Å². The summed E-state index contributed by atoms with van der Waals surface area (Å²) in [5.41, 5.74) is 2.75. The van der Waals surface area contributed by atoms with Crippen LogP contribution in [-0.4, -0.2) is 36.0 Å². The van der Waals surface area contributed by atoms with Gasteiger partial charge in [-0.15, -0.1) is 0 Å². The van der Waals surface area contributed by atoms with Crippen molar-refractivity contribution in [2.75, 3.05) is 19.6 Å². The normalized spacial score (nSPS) is 16.9. The molecule has 1 aromatic rings. The second kappa shape index (κ2) is 9.07. The van der Waals surface area contributed by atoms with Gasteiger partial charge in [0.05, 0.1) is 6.54 Å². The zero-order chi connectivity index (χ0) is 17.4. The molecule has 24 heavy (non-hydrogen) atoms. The molecule has 0 radical (unpaired) electrons. The van der Waals surface area contributed by atoms with E-state index in [2.05, 4.69) is 67.5 Å². The van der Waals surface area contributed by atoms with Gasteiger partial charge >= 0.3 is 0 Å². The van der Waals surface area contributed by atoms with E-state index >= 15 is 0 Å². The zero-order valence-electron chi connectivity index (χ0n) is 15.9. The fourth-order valence-electron chi connectivity index (χ4n) is 3.05. The third-order valence-corrected chi connectivity index (χ3v) is 4.21. The van der Waals surface area contributed by atoms with Crippen LogP contribution in [0, 0.1) is 0 Å². The fourth-order valence-corrected chi connectivity index (χ4v) is 3.05. The van der Waals surface area contributed by atoms with Gasteiger partial charge in [0.25, 0.3) is 0 Å². The quantitative estimate of drug-likeness (QED) is 0.641. The lowest BCUT2D eigenvalue weighted by molar-refractivity contribution is 0.220. The topological polar surface area (TPSA) is 39.7 Å². The molecule has 2 N–H and O–H groups in total. The first-order valence-electron chi connectivity index (χ1n) is 9.33. The Balaban J connectivity index is 2.05. The minimum atomic E-state index is 0.00826. The second-order valence-corrected chi connectivity index (χ2v) is 7.68. The van der Waals surface area contributed by atoms with E-state index in [1.807, 2.05) is 0 Å². The Morgan fingerprint density at radius 2 is 1.75 bits per heavy atom. The highest BCUT2D eigenvalue weighted by molar-refractivity contribution is 5.80. The van der Waals surface area contributed by atoms with Crippen molar-refractivity contribution in [2.45, 2.75) is 65.6 Å². The van der Waals surface area contributed by atoms with Crippen molar-refractivity contribution in [1.29, 1.82) is 0 Å². The number of benzene rings is 1. The summed E-state index contributed by atoms with van der Waals surface area (Å²) in [7, 11) is 0. The molecule has 0 aliphatic carbocycles. The maximum atomic E-state index is 4.80. The van der Waals surface area contributed by atoms with Crippen LogP contribution in [0.1, 0.15) is 58.1 Å². The smallest absolute Gasteiger partial charge is 0.191 e. The molecule has 4 heteroatoms. The van der Waals surface area contributed by atoms with Crippen LogP contribution in [-0.2, 0) is 13.1 Å².